The highest BCUT2D eigenvalue weighted by atomic mass is 16.1. The van der Waals surface area contributed by atoms with Crippen LogP contribution in [0.2, 0.25) is 0 Å². The van der Waals surface area contributed by atoms with Crippen molar-refractivity contribution in [1.29, 1.82) is 0 Å². The zero-order chi connectivity index (χ0) is 17.1. The normalized spacial score (nSPS) is 20.0. The smallest absolute Gasteiger partial charge is 0.251 e. The van der Waals surface area contributed by atoms with E-state index in [-0.39, 0.29) is 18.0 Å². The number of carbonyl (C=O) groups excluding carboxylic acids is 1. The second-order valence-corrected chi connectivity index (χ2v) is 6.29. The van der Waals surface area contributed by atoms with Gasteiger partial charge < -0.3 is 16.4 Å². The zero-order valence-corrected chi connectivity index (χ0v) is 14.0. The fourth-order valence-electron chi connectivity index (χ4n) is 3.04. The van der Waals surface area contributed by atoms with Crippen molar-refractivity contribution < 1.29 is 4.79 Å². The predicted molar refractivity (Wildman–Crippen MR) is 94.8 cm³/mol. The first-order valence-electron chi connectivity index (χ1n) is 8.25. The number of hydrogen-bond donors (Lipinski definition) is 3. The summed E-state index contributed by atoms with van der Waals surface area (Å²) in [6.45, 7) is 1.93. The lowest BCUT2D eigenvalue weighted by Crippen LogP contribution is -2.33. The van der Waals surface area contributed by atoms with Crippen molar-refractivity contribution in [1.82, 2.24) is 15.3 Å². The van der Waals surface area contributed by atoms with E-state index in [1.165, 1.54) is 0 Å². The summed E-state index contributed by atoms with van der Waals surface area (Å²) < 4.78 is 0. The van der Waals surface area contributed by atoms with Crippen molar-refractivity contribution in [2.45, 2.75) is 38.3 Å². The van der Waals surface area contributed by atoms with Crippen molar-refractivity contribution in [2.24, 2.45) is 5.73 Å². The van der Waals surface area contributed by atoms with Crippen LogP contribution in [-0.4, -0.2) is 35.0 Å². The Balaban J connectivity index is 1.73. The molecule has 3 rings (SSSR count). The molecule has 1 saturated carbocycles. The first kappa shape index (κ1) is 16.4. The fourth-order valence-corrected chi connectivity index (χ4v) is 3.04. The molecule has 1 fully saturated rings. The Morgan fingerprint density at radius 1 is 1.21 bits per heavy atom. The maximum Gasteiger partial charge on any atom is 0.251 e. The number of aryl methyl sites for hydroxylation is 1. The van der Waals surface area contributed by atoms with E-state index in [4.69, 9.17) is 5.73 Å². The van der Waals surface area contributed by atoms with Gasteiger partial charge in [0.25, 0.3) is 5.91 Å². The van der Waals surface area contributed by atoms with Gasteiger partial charge in [-0.3, -0.25) is 4.79 Å². The Bertz CT molecular complexity index is 729. The molecule has 1 aliphatic rings. The van der Waals surface area contributed by atoms with Crippen LogP contribution >= 0.6 is 0 Å². The molecule has 2 atom stereocenters. The van der Waals surface area contributed by atoms with E-state index in [0.29, 0.717) is 11.5 Å². The molecule has 1 amide bonds. The van der Waals surface area contributed by atoms with Crippen LogP contribution in [-0.2, 0) is 0 Å². The lowest BCUT2D eigenvalue weighted by Gasteiger charge is -2.12. The van der Waals surface area contributed by atoms with Crippen LogP contribution in [0.3, 0.4) is 0 Å². The van der Waals surface area contributed by atoms with Gasteiger partial charge in [0.15, 0.2) is 0 Å². The molecule has 0 radical (unpaired) electrons. The van der Waals surface area contributed by atoms with E-state index in [2.05, 4.69) is 20.6 Å². The van der Waals surface area contributed by atoms with Gasteiger partial charge in [-0.25, -0.2) is 9.97 Å². The van der Waals surface area contributed by atoms with Gasteiger partial charge in [-0.1, -0.05) is 12.1 Å². The first-order valence-corrected chi connectivity index (χ1v) is 8.25. The number of rotatable bonds is 4. The van der Waals surface area contributed by atoms with E-state index in [0.717, 1.165) is 36.2 Å². The third-order valence-corrected chi connectivity index (χ3v) is 4.33. The Labute approximate surface area is 141 Å². The average molecular weight is 325 g/mol. The topological polar surface area (TPSA) is 92.9 Å². The Kier molecular flexibility index (Phi) is 4.76. The van der Waals surface area contributed by atoms with Crippen LogP contribution in [0.25, 0.3) is 11.3 Å². The van der Waals surface area contributed by atoms with Gasteiger partial charge in [0.05, 0.1) is 5.69 Å². The fraction of sp³-hybridized carbons (Fsp3) is 0.389. The first-order chi connectivity index (χ1) is 11.5. The molecule has 1 aromatic heterocycles. The van der Waals surface area contributed by atoms with Gasteiger partial charge in [0.2, 0.25) is 5.95 Å². The Morgan fingerprint density at radius 3 is 2.58 bits per heavy atom. The standard InChI is InChI=1S/C18H23N5O/c1-11-9-16(23-18(20-2)21-11)12-3-5-13(6-4-12)17(24)22-15-8-7-14(19)10-15/h3-6,9,14-15H,7-8,10,19H2,1-2H3,(H,22,24)(H,20,21,23)/t14-,15+/m1/s1. The van der Waals surface area contributed by atoms with Gasteiger partial charge >= 0.3 is 0 Å². The average Bonchev–Trinajstić information content (AvgIpc) is 2.99. The van der Waals surface area contributed by atoms with Gasteiger partial charge in [0.1, 0.15) is 0 Å². The minimum atomic E-state index is -0.0459. The van der Waals surface area contributed by atoms with Gasteiger partial charge in [-0.15, -0.1) is 0 Å². The van der Waals surface area contributed by atoms with E-state index < -0.39 is 0 Å². The summed E-state index contributed by atoms with van der Waals surface area (Å²) in [7, 11) is 1.79. The zero-order valence-electron chi connectivity index (χ0n) is 14.0. The molecule has 6 heteroatoms. The van der Waals surface area contributed by atoms with Crippen molar-refractivity contribution in [3.63, 3.8) is 0 Å². The minimum absolute atomic E-state index is 0.0459. The summed E-state index contributed by atoms with van der Waals surface area (Å²) in [6, 6.07) is 9.81. The third-order valence-electron chi connectivity index (χ3n) is 4.33. The molecule has 0 spiro atoms. The molecule has 0 bridgehead atoms. The van der Waals surface area contributed by atoms with E-state index in [1.54, 1.807) is 7.05 Å². The highest BCUT2D eigenvalue weighted by Crippen LogP contribution is 2.21. The summed E-state index contributed by atoms with van der Waals surface area (Å²) in [5.41, 5.74) is 9.22. The van der Waals surface area contributed by atoms with Crippen molar-refractivity contribution in [3.8, 4) is 11.3 Å². The number of carbonyl (C=O) groups is 1. The maximum absolute atomic E-state index is 12.3. The summed E-state index contributed by atoms with van der Waals surface area (Å²) in [5, 5.41) is 6.01. The second kappa shape index (κ2) is 6.97. The number of hydrogen-bond acceptors (Lipinski definition) is 5. The van der Waals surface area contributed by atoms with E-state index >= 15 is 0 Å². The van der Waals surface area contributed by atoms with Crippen LogP contribution in [0.15, 0.2) is 30.3 Å². The number of benzene rings is 1. The minimum Gasteiger partial charge on any atom is -0.357 e. The SMILES string of the molecule is CNc1nc(C)cc(-c2ccc(C(=O)N[C@H]3CC[C@@H](N)C3)cc2)n1. The van der Waals surface area contributed by atoms with Crippen LogP contribution in [0.4, 0.5) is 5.95 Å². The van der Waals surface area contributed by atoms with E-state index in [9.17, 15) is 4.79 Å². The number of nitrogens with one attached hydrogen (secondary N) is 2. The number of amides is 1. The highest BCUT2D eigenvalue weighted by molar-refractivity contribution is 5.94. The van der Waals surface area contributed by atoms with Gasteiger partial charge in [-0.05, 0) is 44.4 Å². The Morgan fingerprint density at radius 2 is 1.96 bits per heavy atom. The molecule has 0 unspecified atom stereocenters. The molecular weight excluding hydrogens is 302 g/mol. The summed E-state index contributed by atoms with van der Waals surface area (Å²) in [5.74, 6) is 0.542. The second-order valence-electron chi connectivity index (χ2n) is 6.29. The maximum atomic E-state index is 12.3. The number of nitrogens with zero attached hydrogens (tertiary/aromatic N) is 2. The molecule has 2 aromatic rings. The molecule has 4 N–H and O–H groups in total. The van der Waals surface area contributed by atoms with Crippen LogP contribution in [0.1, 0.15) is 35.3 Å². The molecule has 1 aromatic carbocycles. The van der Waals surface area contributed by atoms with Gasteiger partial charge in [-0.2, -0.15) is 0 Å². The predicted octanol–water partition coefficient (Wildman–Crippen LogP) is 2.10. The van der Waals surface area contributed by atoms with Crippen LogP contribution in [0.5, 0.6) is 0 Å². The molecule has 6 nitrogen and oxygen atoms in total. The lowest BCUT2D eigenvalue weighted by molar-refractivity contribution is 0.0937. The number of anilines is 1. The molecule has 1 aliphatic carbocycles. The molecule has 0 saturated heterocycles. The van der Waals surface area contributed by atoms with Crippen molar-refractivity contribution in [2.75, 3.05) is 12.4 Å². The molecule has 24 heavy (non-hydrogen) atoms. The monoisotopic (exact) mass is 325 g/mol. The lowest BCUT2D eigenvalue weighted by atomic mass is 10.1. The highest BCUT2D eigenvalue weighted by Gasteiger charge is 2.23. The van der Waals surface area contributed by atoms with E-state index in [1.807, 2.05) is 37.3 Å². The van der Waals surface area contributed by atoms with Gasteiger partial charge in [0, 0.05) is 36.0 Å². The van der Waals surface area contributed by atoms with Crippen LogP contribution in [0, 0.1) is 6.92 Å². The van der Waals surface area contributed by atoms with Crippen molar-refractivity contribution >= 4 is 11.9 Å². The molecule has 0 aliphatic heterocycles. The summed E-state index contributed by atoms with van der Waals surface area (Å²) in [4.78, 5) is 21.1. The Hall–Kier alpha value is -2.47. The number of nitrogens with two attached hydrogens (primary N) is 1. The largest absolute Gasteiger partial charge is 0.357 e. The molecule has 126 valence electrons. The summed E-state index contributed by atoms with van der Waals surface area (Å²) in [6.07, 6.45) is 2.79. The van der Waals surface area contributed by atoms with Crippen LogP contribution < -0.4 is 16.4 Å². The van der Waals surface area contributed by atoms with Crippen molar-refractivity contribution in [3.05, 3.63) is 41.6 Å². The molecule has 1 heterocycles. The third kappa shape index (κ3) is 3.71. The molecular formula is C18H23N5O. The number of aromatic nitrogens is 2. The summed E-state index contributed by atoms with van der Waals surface area (Å²) >= 11 is 0. The quantitative estimate of drug-likeness (QED) is 0.800.